The average Bonchev–Trinajstić information content (AvgIpc) is 2.94. The Morgan fingerprint density at radius 1 is 1.33 bits per heavy atom. The van der Waals surface area contributed by atoms with E-state index in [2.05, 4.69) is 4.98 Å². The van der Waals surface area contributed by atoms with E-state index in [1.165, 1.54) is 18.2 Å². The maximum Gasteiger partial charge on any atom is 0.338 e. The standard InChI is InChI=1S/C16H12ClN3O4/c1-10-6-11(2-4-14(10)20(22)23)16(21)24-9-13-8-19-7-12(17)3-5-15(19)18-13/h2-8H,9H2,1H3. The number of benzene rings is 1. The Bertz CT molecular complexity index is 952. The van der Waals surface area contributed by atoms with Crippen molar-refractivity contribution in [2.75, 3.05) is 0 Å². The number of imidazole rings is 1. The molecule has 3 rings (SSSR count). The molecule has 2 aromatic heterocycles. The molecule has 3 aromatic rings. The van der Waals surface area contributed by atoms with Gasteiger partial charge in [-0.15, -0.1) is 0 Å². The van der Waals surface area contributed by atoms with E-state index < -0.39 is 10.9 Å². The van der Waals surface area contributed by atoms with Gasteiger partial charge in [0.15, 0.2) is 0 Å². The summed E-state index contributed by atoms with van der Waals surface area (Å²) in [4.78, 5) is 26.7. The van der Waals surface area contributed by atoms with E-state index in [4.69, 9.17) is 16.3 Å². The number of nitrogens with zero attached hydrogens (tertiary/aromatic N) is 3. The van der Waals surface area contributed by atoms with Crippen molar-refractivity contribution in [2.24, 2.45) is 0 Å². The lowest BCUT2D eigenvalue weighted by molar-refractivity contribution is -0.385. The predicted octanol–water partition coefficient (Wildman–Crippen LogP) is 3.56. The zero-order valence-corrected chi connectivity index (χ0v) is 13.4. The van der Waals surface area contributed by atoms with Gasteiger partial charge in [0.25, 0.3) is 5.69 Å². The van der Waals surface area contributed by atoms with Gasteiger partial charge in [-0.2, -0.15) is 0 Å². The molecule has 122 valence electrons. The minimum atomic E-state index is -0.567. The quantitative estimate of drug-likeness (QED) is 0.410. The van der Waals surface area contributed by atoms with E-state index in [0.29, 0.717) is 21.9 Å². The minimum absolute atomic E-state index is 0.00579. The van der Waals surface area contributed by atoms with Crippen LogP contribution in [0.5, 0.6) is 0 Å². The second kappa shape index (κ2) is 6.29. The lowest BCUT2D eigenvalue weighted by Gasteiger charge is -2.04. The second-order valence-electron chi connectivity index (χ2n) is 5.18. The molecule has 0 aliphatic rings. The first kappa shape index (κ1) is 15.9. The third-order valence-electron chi connectivity index (χ3n) is 3.45. The van der Waals surface area contributed by atoms with Gasteiger partial charge in [-0.05, 0) is 31.2 Å². The summed E-state index contributed by atoms with van der Waals surface area (Å²) in [5.41, 5.74) is 1.88. The number of rotatable bonds is 4. The summed E-state index contributed by atoms with van der Waals surface area (Å²) in [5, 5.41) is 11.4. The molecule has 0 radical (unpaired) electrons. The molecule has 0 N–H and O–H groups in total. The maximum absolute atomic E-state index is 12.1. The van der Waals surface area contributed by atoms with Gasteiger partial charge in [0, 0.05) is 24.0 Å². The van der Waals surface area contributed by atoms with Crippen molar-refractivity contribution in [1.29, 1.82) is 0 Å². The molecule has 0 fully saturated rings. The molecule has 0 aliphatic heterocycles. The van der Waals surface area contributed by atoms with E-state index in [9.17, 15) is 14.9 Å². The number of hydrogen-bond donors (Lipinski definition) is 0. The summed E-state index contributed by atoms with van der Waals surface area (Å²) in [6.45, 7) is 1.56. The number of esters is 1. The monoisotopic (exact) mass is 345 g/mol. The second-order valence-corrected chi connectivity index (χ2v) is 5.62. The first-order valence-corrected chi connectivity index (χ1v) is 7.37. The van der Waals surface area contributed by atoms with Gasteiger partial charge in [0.2, 0.25) is 0 Å². The number of aryl methyl sites for hydroxylation is 1. The smallest absolute Gasteiger partial charge is 0.338 e. The number of pyridine rings is 1. The highest BCUT2D eigenvalue weighted by Crippen LogP contribution is 2.19. The number of carbonyl (C=O) groups excluding carboxylic acids is 1. The van der Waals surface area contributed by atoms with E-state index in [1.807, 2.05) is 0 Å². The van der Waals surface area contributed by atoms with E-state index in [0.717, 1.165) is 0 Å². The van der Waals surface area contributed by atoms with Crippen molar-refractivity contribution in [3.05, 3.63) is 74.7 Å². The summed E-state index contributed by atoms with van der Waals surface area (Å²) in [7, 11) is 0. The lowest BCUT2D eigenvalue weighted by Crippen LogP contribution is -2.06. The Labute approximate surface area is 141 Å². The highest BCUT2D eigenvalue weighted by atomic mass is 35.5. The van der Waals surface area contributed by atoms with Crippen molar-refractivity contribution in [2.45, 2.75) is 13.5 Å². The molecule has 0 aliphatic carbocycles. The summed E-state index contributed by atoms with van der Waals surface area (Å²) in [5.74, 6) is -0.567. The summed E-state index contributed by atoms with van der Waals surface area (Å²) in [6.07, 6.45) is 3.42. The first-order valence-electron chi connectivity index (χ1n) is 6.99. The predicted molar refractivity (Wildman–Crippen MR) is 87.2 cm³/mol. The number of hydrogen-bond acceptors (Lipinski definition) is 5. The number of nitro benzene ring substituents is 1. The van der Waals surface area contributed by atoms with Crippen molar-refractivity contribution in [1.82, 2.24) is 9.38 Å². The van der Waals surface area contributed by atoms with Gasteiger partial charge in [-0.1, -0.05) is 11.6 Å². The van der Waals surface area contributed by atoms with E-state index in [-0.39, 0.29) is 17.9 Å². The third-order valence-corrected chi connectivity index (χ3v) is 3.67. The van der Waals surface area contributed by atoms with Gasteiger partial charge in [-0.3, -0.25) is 10.1 Å². The zero-order valence-electron chi connectivity index (χ0n) is 12.6. The number of fused-ring (bicyclic) bond motifs is 1. The van der Waals surface area contributed by atoms with Crippen LogP contribution in [0.2, 0.25) is 5.02 Å². The molecule has 1 aromatic carbocycles. The summed E-state index contributed by atoms with van der Waals surface area (Å²) < 4.78 is 6.95. The van der Waals surface area contributed by atoms with Crippen LogP contribution in [0.4, 0.5) is 5.69 Å². The molecule has 8 heteroatoms. The fraction of sp³-hybridized carbons (Fsp3) is 0.125. The van der Waals surface area contributed by atoms with Crippen LogP contribution in [-0.2, 0) is 11.3 Å². The zero-order chi connectivity index (χ0) is 17.3. The summed E-state index contributed by atoms with van der Waals surface area (Å²) >= 11 is 5.90. The van der Waals surface area contributed by atoms with Crippen LogP contribution in [-0.4, -0.2) is 20.3 Å². The molecule has 0 saturated carbocycles. The van der Waals surface area contributed by atoms with Crippen LogP contribution in [0.3, 0.4) is 0 Å². The fourth-order valence-corrected chi connectivity index (χ4v) is 2.46. The fourth-order valence-electron chi connectivity index (χ4n) is 2.30. The van der Waals surface area contributed by atoms with Crippen LogP contribution in [0.15, 0.2) is 42.7 Å². The minimum Gasteiger partial charge on any atom is -0.456 e. The van der Waals surface area contributed by atoms with Crippen molar-refractivity contribution in [3.63, 3.8) is 0 Å². The number of ether oxygens (including phenoxy) is 1. The molecule has 0 spiro atoms. The van der Waals surface area contributed by atoms with Crippen LogP contribution >= 0.6 is 11.6 Å². The SMILES string of the molecule is Cc1cc(C(=O)OCc2cn3cc(Cl)ccc3n2)ccc1[N+](=O)[O-]. The average molecular weight is 346 g/mol. The topological polar surface area (TPSA) is 86.7 Å². The van der Waals surface area contributed by atoms with Crippen molar-refractivity contribution < 1.29 is 14.5 Å². The van der Waals surface area contributed by atoms with Crippen LogP contribution < -0.4 is 0 Å². The molecule has 0 unspecified atom stereocenters. The van der Waals surface area contributed by atoms with Crippen LogP contribution in [0.25, 0.3) is 5.65 Å². The normalized spacial score (nSPS) is 10.8. The Morgan fingerprint density at radius 2 is 2.12 bits per heavy atom. The first-order chi connectivity index (χ1) is 11.4. The maximum atomic E-state index is 12.1. The molecule has 0 saturated heterocycles. The third kappa shape index (κ3) is 3.21. The van der Waals surface area contributed by atoms with Gasteiger partial charge in [0.1, 0.15) is 12.3 Å². The van der Waals surface area contributed by atoms with E-state index >= 15 is 0 Å². The molecule has 0 amide bonds. The number of halogens is 1. The van der Waals surface area contributed by atoms with Gasteiger partial charge in [-0.25, -0.2) is 9.78 Å². The highest BCUT2D eigenvalue weighted by molar-refractivity contribution is 6.30. The lowest BCUT2D eigenvalue weighted by atomic mass is 10.1. The molecule has 2 heterocycles. The number of nitro groups is 1. The number of carbonyl (C=O) groups is 1. The van der Waals surface area contributed by atoms with Gasteiger partial charge in [0.05, 0.1) is 21.2 Å². The van der Waals surface area contributed by atoms with Crippen molar-refractivity contribution >= 4 is 28.9 Å². The van der Waals surface area contributed by atoms with Gasteiger partial charge >= 0.3 is 5.97 Å². The molecule has 0 bridgehead atoms. The molecule has 0 atom stereocenters. The number of aromatic nitrogens is 2. The van der Waals surface area contributed by atoms with Crippen molar-refractivity contribution in [3.8, 4) is 0 Å². The van der Waals surface area contributed by atoms with Gasteiger partial charge < -0.3 is 9.14 Å². The largest absolute Gasteiger partial charge is 0.456 e. The van der Waals surface area contributed by atoms with Crippen LogP contribution in [0.1, 0.15) is 21.6 Å². The van der Waals surface area contributed by atoms with E-state index in [1.54, 1.807) is 35.9 Å². The highest BCUT2D eigenvalue weighted by Gasteiger charge is 2.15. The summed E-state index contributed by atoms with van der Waals surface area (Å²) in [6, 6.07) is 7.58. The molecule has 24 heavy (non-hydrogen) atoms. The Balaban J connectivity index is 1.72. The molecular weight excluding hydrogens is 334 g/mol. The Kier molecular flexibility index (Phi) is 4.18. The molecule has 7 nitrogen and oxygen atoms in total. The molecular formula is C16H12ClN3O4. The van der Waals surface area contributed by atoms with Crippen LogP contribution in [0, 0.1) is 17.0 Å². The Hall–Kier alpha value is -2.93. The Morgan fingerprint density at radius 3 is 2.83 bits per heavy atom.